The van der Waals surface area contributed by atoms with Gasteiger partial charge in [-0.05, 0) is 25.1 Å². The highest BCUT2D eigenvalue weighted by atomic mass is 19.1. The molecule has 0 saturated carbocycles. The number of nitrogens with zero attached hydrogens (tertiary/aromatic N) is 1. The summed E-state index contributed by atoms with van der Waals surface area (Å²) in [7, 11) is 1.56. The van der Waals surface area contributed by atoms with E-state index in [9.17, 15) is 4.39 Å². The van der Waals surface area contributed by atoms with Gasteiger partial charge in [-0.1, -0.05) is 0 Å². The van der Waals surface area contributed by atoms with E-state index in [0.29, 0.717) is 23.7 Å². The second-order valence-corrected chi connectivity index (χ2v) is 3.58. The first-order valence-electron chi connectivity index (χ1n) is 4.85. The molecule has 80 valence electrons. The molecular weight excluding hydrogens is 195 g/mol. The normalized spacial score (nSPS) is 19.7. The molecule has 3 nitrogen and oxygen atoms in total. The summed E-state index contributed by atoms with van der Waals surface area (Å²) in [5.74, 6) is 0.963. The number of aliphatic imine (C=N–C) groups is 1. The van der Waals surface area contributed by atoms with E-state index in [0.717, 1.165) is 0 Å². The fourth-order valence-corrected chi connectivity index (χ4v) is 1.53. The number of hydrogen-bond donors (Lipinski definition) is 1. The first-order valence-corrected chi connectivity index (χ1v) is 4.85. The van der Waals surface area contributed by atoms with E-state index in [4.69, 9.17) is 4.74 Å². The molecule has 1 heterocycles. The van der Waals surface area contributed by atoms with Crippen molar-refractivity contribution in [3.8, 4) is 5.75 Å². The maximum atomic E-state index is 13.5. The van der Waals surface area contributed by atoms with Crippen LogP contribution in [0.3, 0.4) is 0 Å². The molecule has 0 amide bonds. The topological polar surface area (TPSA) is 33.6 Å². The van der Waals surface area contributed by atoms with Crippen LogP contribution in [0.15, 0.2) is 23.2 Å². The van der Waals surface area contributed by atoms with Crippen LogP contribution in [0.1, 0.15) is 12.5 Å². The average Bonchev–Trinajstić information content (AvgIpc) is 2.65. The van der Waals surface area contributed by atoms with Crippen molar-refractivity contribution in [2.24, 2.45) is 4.99 Å². The molecule has 0 fully saturated rings. The smallest absolute Gasteiger partial charge is 0.134 e. The van der Waals surface area contributed by atoms with Gasteiger partial charge in [0.2, 0.25) is 0 Å². The first-order chi connectivity index (χ1) is 7.20. The summed E-state index contributed by atoms with van der Waals surface area (Å²) in [4.78, 5) is 4.23. The van der Waals surface area contributed by atoms with Crippen molar-refractivity contribution >= 4 is 5.84 Å². The molecule has 0 radical (unpaired) electrons. The quantitative estimate of drug-likeness (QED) is 0.800. The molecule has 1 atom stereocenters. The van der Waals surface area contributed by atoms with Crippen LogP contribution in [-0.4, -0.2) is 25.5 Å². The van der Waals surface area contributed by atoms with Crippen LogP contribution < -0.4 is 10.1 Å². The molecule has 0 bridgehead atoms. The zero-order valence-electron chi connectivity index (χ0n) is 8.75. The number of halogens is 1. The second-order valence-electron chi connectivity index (χ2n) is 3.58. The zero-order valence-corrected chi connectivity index (χ0v) is 8.75. The highest BCUT2D eigenvalue weighted by molar-refractivity contribution is 6.00. The van der Waals surface area contributed by atoms with Gasteiger partial charge in [0.05, 0.1) is 19.2 Å². The standard InChI is InChI=1S/C11H13FN2O/c1-7-6-13-11(14-7)9-5-8(15-2)3-4-10(9)12/h3-5,7H,6H2,1-2H3,(H,13,14). The van der Waals surface area contributed by atoms with Gasteiger partial charge in [0, 0.05) is 6.04 Å². The third-order valence-corrected chi connectivity index (χ3v) is 2.34. The Morgan fingerprint density at radius 2 is 2.33 bits per heavy atom. The van der Waals surface area contributed by atoms with Gasteiger partial charge in [-0.25, -0.2) is 4.39 Å². The van der Waals surface area contributed by atoms with Gasteiger partial charge in [-0.2, -0.15) is 0 Å². The summed E-state index contributed by atoms with van der Waals surface area (Å²) in [6.07, 6.45) is 0. The highest BCUT2D eigenvalue weighted by Crippen LogP contribution is 2.18. The van der Waals surface area contributed by atoms with E-state index in [1.54, 1.807) is 19.2 Å². The van der Waals surface area contributed by atoms with Crippen molar-refractivity contribution in [2.75, 3.05) is 13.7 Å². The van der Waals surface area contributed by atoms with Crippen molar-refractivity contribution in [1.29, 1.82) is 0 Å². The van der Waals surface area contributed by atoms with Crippen molar-refractivity contribution < 1.29 is 9.13 Å². The minimum absolute atomic E-state index is 0.269. The summed E-state index contributed by atoms with van der Waals surface area (Å²) in [6, 6.07) is 4.91. The largest absolute Gasteiger partial charge is 0.497 e. The van der Waals surface area contributed by atoms with Crippen molar-refractivity contribution in [3.05, 3.63) is 29.6 Å². The molecule has 0 saturated heterocycles. The molecule has 1 aromatic rings. The molecular formula is C11H13FN2O. The van der Waals surface area contributed by atoms with Gasteiger partial charge in [-0.3, -0.25) is 4.99 Å². The van der Waals surface area contributed by atoms with Crippen LogP contribution in [0.2, 0.25) is 0 Å². The van der Waals surface area contributed by atoms with Crippen molar-refractivity contribution in [3.63, 3.8) is 0 Å². The zero-order chi connectivity index (χ0) is 10.8. The number of benzene rings is 1. The Morgan fingerprint density at radius 1 is 1.53 bits per heavy atom. The summed E-state index contributed by atoms with van der Waals surface area (Å²) in [6.45, 7) is 2.70. The molecule has 0 aliphatic carbocycles. The summed E-state index contributed by atoms with van der Waals surface area (Å²) < 4.78 is 18.6. The van der Waals surface area contributed by atoms with Crippen molar-refractivity contribution in [1.82, 2.24) is 5.32 Å². The van der Waals surface area contributed by atoms with Gasteiger partial charge in [0.25, 0.3) is 0 Å². The Kier molecular flexibility index (Phi) is 2.58. The highest BCUT2D eigenvalue weighted by Gasteiger charge is 2.17. The Balaban J connectivity index is 2.34. The van der Waals surface area contributed by atoms with E-state index in [2.05, 4.69) is 10.3 Å². The first kappa shape index (κ1) is 9.96. The van der Waals surface area contributed by atoms with E-state index < -0.39 is 0 Å². The van der Waals surface area contributed by atoms with Crippen LogP contribution in [0.25, 0.3) is 0 Å². The minimum Gasteiger partial charge on any atom is -0.497 e. The lowest BCUT2D eigenvalue weighted by Crippen LogP contribution is -2.28. The Hall–Kier alpha value is -1.58. The molecule has 1 aliphatic rings. The van der Waals surface area contributed by atoms with Gasteiger partial charge in [-0.15, -0.1) is 0 Å². The van der Waals surface area contributed by atoms with Crippen LogP contribution >= 0.6 is 0 Å². The Bertz CT molecular complexity index is 404. The lowest BCUT2D eigenvalue weighted by molar-refractivity contribution is 0.413. The van der Waals surface area contributed by atoms with E-state index in [-0.39, 0.29) is 11.9 Å². The number of nitrogens with one attached hydrogen (secondary N) is 1. The van der Waals surface area contributed by atoms with Crippen LogP contribution in [0.5, 0.6) is 5.75 Å². The van der Waals surface area contributed by atoms with Crippen LogP contribution in [-0.2, 0) is 0 Å². The SMILES string of the molecule is COc1ccc(F)c(C2=NCC(C)N2)c1. The predicted molar refractivity (Wildman–Crippen MR) is 57.0 cm³/mol. The number of amidine groups is 1. The molecule has 0 spiro atoms. The molecule has 0 aromatic heterocycles. The van der Waals surface area contributed by atoms with Crippen molar-refractivity contribution in [2.45, 2.75) is 13.0 Å². The van der Waals surface area contributed by atoms with Gasteiger partial charge in [0.1, 0.15) is 17.4 Å². The van der Waals surface area contributed by atoms with E-state index >= 15 is 0 Å². The number of hydrogen-bond acceptors (Lipinski definition) is 3. The molecule has 2 rings (SSSR count). The lowest BCUT2D eigenvalue weighted by Gasteiger charge is -2.08. The second kappa shape index (κ2) is 3.88. The molecule has 15 heavy (non-hydrogen) atoms. The summed E-state index contributed by atoms with van der Waals surface area (Å²) in [5, 5.41) is 3.12. The molecule has 1 aromatic carbocycles. The maximum Gasteiger partial charge on any atom is 0.134 e. The van der Waals surface area contributed by atoms with Gasteiger partial charge < -0.3 is 10.1 Å². The fraction of sp³-hybridized carbons (Fsp3) is 0.364. The Morgan fingerprint density at radius 3 is 2.93 bits per heavy atom. The average molecular weight is 208 g/mol. The number of rotatable bonds is 2. The summed E-state index contributed by atoms with van der Waals surface area (Å²) >= 11 is 0. The summed E-state index contributed by atoms with van der Waals surface area (Å²) in [5.41, 5.74) is 0.471. The molecule has 1 aliphatic heterocycles. The molecule has 1 unspecified atom stereocenters. The monoisotopic (exact) mass is 208 g/mol. The maximum absolute atomic E-state index is 13.5. The van der Waals surface area contributed by atoms with E-state index in [1.807, 2.05) is 6.92 Å². The third kappa shape index (κ3) is 1.93. The Labute approximate surface area is 88.0 Å². The minimum atomic E-state index is -0.281. The molecule has 1 N–H and O–H groups in total. The van der Waals surface area contributed by atoms with Crippen LogP contribution in [0.4, 0.5) is 4.39 Å². The number of ether oxygens (including phenoxy) is 1. The number of methoxy groups -OCH3 is 1. The molecule has 4 heteroatoms. The third-order valence-electron chi connectivity index (χ3n) is 2.34. The predicted octanol–water partition coefficient (Wildman–Crippen LogP) is 1.57. The van der Waals surface area contributed by atoms with Gasteiger partial charge >= 0.3 is 0 Å². The van der Waals surface area contributed by atoms with Gasteiger partial charge in [0.15, 0.2) is 0 Å². The van der Waals surface area contributed by atoms with E-state index in [1.165, 1.54) is 6.07 Å². The fourth-order valence-electron chi connectivity index (χ4n) is 1.53. The lowest BCUT2D eigenvalue weighted by atomic mass is 10.2. The van der Waals surface area contributed by atoms with Crippen LogP contribution in [0, 0.1) is 5.82 Å².